The number of carboxylic acids is 4. The van der Waals surface area contributed by atoms with Crippen molar-refractivity contribution >= 4 is 114 Å². The molecule has 2 radical (unpaired) electrons. The van der Waals surface area contributed by atoms with Crippen molar-refractivity contribution in [2.75, 3.05) is 0 Å². The van der Waals surface area contributed by atoms with Gasteiger partial charge in [-0.05, 0) is 115 Å². The molecule has 0 amide bonds. The van der Waals surface area contributed by atoms with E-state index < -0.39 is 23.9 Å². The molecule has 16 heteroatoms. The molecule has 0 spiro atoms. The molecule has 0 bridgehead atoms. The maximum atomic E-state index is 10.3. The molecule has 0 heterocycles. The predicted octanol–water partition coefficient (Wildman–Crippen LogP) is 0.770. The molecule has 0 aromatic heterocycles. The summed E-state index contributed by atoms with van der Waals surface area (Å²) >= 11 is 7.82. The van der Waals surface area contributed by atoms with Gasteiger partial charge in [-0.2, -0.15) is 0 Å². The van der Waals surface area contributed by atoms with Crippen LogP contribution in [0.5, 0.6) is 0 Å². The zero-order chi connectivity index (χ0) is 30.2. The Labute approximate surface area is 328 Å². The largest absolute Gasteiger partial charge is 2.00 e. The third kappa shape index (κ3) is 18.6. The van der Waals surface area contributed by atoms with E-state index in [0.29, 0.717) is 14.3 Å². The Balaban J connectivity index is -0.000000235. The van der Waals surface area contributed by atoms with Crippen LogP contribution in [0.1, 0.15) is 41.4 Å². The van der Waals surface area contributed by atoms with Crippen molar-refractivity contribution in [1.29, 1.82) is 0 Å². The van der Waals surface area contributed by atoms with Crippen LogP contribution in [-0.2, 0) is 45.1 Å². The second-order valence-corrected chi connectivity index (χ2v) is 11.7. The fraction of sp³-hybridized carbons (Fsp3) is 0. The van der Waals surface area contributed by atoms with Crippen LogP contribution < -0.4 is 20.4 Å². The zero-order valence-corrected chi connectivity index (χ0v) is 32.3. The minimum atomic E-state index is -1.12. The van der Waals surface area contributed by atoms with Gasteiger partial charge in [-0.15, -0.1) is 0 Å². The Hall–Kier alpha value is -1.36. The van der Waals surface area contributed by atoms with Crippen LogP contribution in [0.15, 0.2) is 97.1 Å². The Morgan fingerprint density at radius 1 is 0.364 bits per heavy atom. The van der Waals surface area contributed by atoms with Crippen LogP contribution in [0, 0.1) is 14.3 Å². The van der Waals surface area contributed by atoms with Gasteiger partial charge in [0.25, 0.3) is 0 Å². The zero-order valence-electron chi connectivity index (χ0n) is 21.8. The minimum absolute atomic E-state index is 0. The van der Waals surface area contributed by atoms with Crippen LogP contribution in [0.2, 0.25) is 0 Å². The molecule has 4 aromatic carbocycles. The number of hydrogen-bond acceptors (Lipinski definition) is 8. The molecule has 44 heavy (non-hydrogen) atoms. The van der Waals surface area contributed by atoms with Crippen molar-refractivity contribution in [3.05, 3.63) is 134 Å². The van der Waals surface area contributed by atoms with Gasteiger partial charge in [0, 0.05) is 36.5 Å². The van der Waals surface area contributed by atoms with Gasteiger partial charge in [0.1, 0.15) is 0 Å². The van der Waals surface area contributed by atoms with E-state index >= 15 is 0 Å². The van der Waals surface area contributed by atoms with Crippen molar-refractivity contribution in [2.45, 2.75) is 0 Å². The number of carbonyl (C=O) groups is 4. The maximum Gasteiger partial charge on any atom is 2.00 e. The van der Waals surface area contributed by atoms with E-state index in [1.807, 2.05) is 90.4 Å². The van der Waals surface area contributed by atoms with E-state index in [2.05, 4.69) is 0 Å². The average molecular weight is 1150 g/mol. The number of halogens is 4. The van der Waals surface area contributed by atoms with Crippen molar-refractivity contribution in [2.24, 2.45) is 0 Å². The van der Waals surface area contributed by atoms with Gasteiger partial charge in [0.2, 0.25) is 0 Å². The molecule has 0 saturated heterocycles. The maximum absolute atomic E-state index is 10.3. The van der Waals surface area contributed by atoms with Gasteiger partial charge in [-0.3, -0.25) is 0 Å². The Morgan fingerprint density at radius 2 is 0.500 bits per heavy atom. The molecule has 0 aliphatic carbocycles. The fourth-order valence-corrected chi connectivity index (χ4v) is 4.94. The summed E-state index contributed by atoms with van der Waals surface area (Å²) in [4.78, 5) is 41.2. The Kier molecular flexibility index (Phi) is 30.2. The summed E-state index contributed by atoms with van der Waals surface area (Å²) in [7, 11) is 0. The summed E-state index contributed by atoms with van der Waals surface area (Å²) in [6.45, 7) is 0. The normalized spacial score (nSPS) is 8.45. The SMILES string of the molecule is O=C([O-])c1ccccc1I.O=C([O-])c1ccccc1I.O=C([O-])c1ccccc1I.O=C([O-])c1ccccc1I.[Cu+2].[Cu+2].[OH3+].[OH3+]. The van der Waals surface area contributed by atoms with E-state index in [-0.39, 0.29) is 67.3 Å². The van der Waals surface area contributed by atoms with Crippen LogP contribution >= 0.6 is 90.4 Å². The van der Waals surface area contributed by atoms with Crippen LogP contribution in [-0.4, -0.2) is 23.9 Å². The molecule has 4 rings (SSSR count). The fourth-order valence-electron chi connectivity index (χ4n) is 2.51. The first kappa shape index (κ1) is 49.5. The first-order chi connectivity index (χ1) is 18.9. The standard InChI is InChI=1S/4C7H5IO2.2Cu.2H2O/c4*8-6-4-2-1-3-5(6)7(9)10;;;;/h4*1-4H,(H,9,10);;;2*1H2/q;;;;2*+2;;/p-2. The number of carboxylic acid groups (broad SMARTS) is 4. The van der Waals surface area contributed by atoms with E-state index in [1.54, 1.807) is 72.8 Å². The Bertz CT molecular complexity index is 1270. The quantitative estimate of drug-likeness (QED) is 0.161. The van der Waals surface area contributed by atoms with Gasteiger partial charge in [-0.25, -0.2) is 0 Å². The molecule has 242 valence electrons. The predicted molar refractivity (Wildman–Crippen MR) is 184 cm³/mol. The van der Waals surface area contributed by atoms with Gasteiger partial charge in [0.05, 0.1) is 23.9 Å². The summed E-state index contributed by atoms with van der Waals surface area (Å²) in [6.07, 6.45) is 0. The molecule has 0 fully saturated rings. The van der Waals surface area contributed by atoms with Crippen LogP contribution in [0.25, 0.3) is 0 Å². The van der Waals surface area contributed by atoms with Crippen molar-refractivity contribution in [3.63, 3.8) is 0 Å². The summed E-state index contributed by atoms with van der Waals surface area (Å²) in [5.74, 6) is -4.48. The second-order valence-electron chi connectivity index (χ2n) is 7.07. The molecule has 0 saturated carbocycles. The summed E-state index contributed by atoms with van der Waals surface area (Å²) in [5, 5.41) is 41.2. The third-order valence-corrected chi connectivity index (χ3v) is 8.14. The molecule has 0 unspecified atom stereocenters. The monoisotopic (exact) mass is 1150 g/mol. The minimum Gasteiger partial charge on any atom is -0.545 e. The van der Waals surface area contributed by atoms with E-state index in [9.17, 15) is 39.6 Å². The van der Waals surface area contributed by atoms with Gasteiger partial charge < -0.3 is 50.6 Å². The first-order valence-electron chi connectivity index (χ1n) is 10.7. The summed E-state index contributed by atoms with van der Waals surface area (Å²) in [5.41, 5.74) is 1.01. The number of rotatable bonds is 4. The van der Waals surface area contributed by atoms with Crippen LogP contribution in [0.4, 0.5) is 0 Å². The molecule has 6 N–H and O–H groups in total. The molecule has 4 aromatic rings. The average Bonchev–Trinajstić information content (AvgIpc) is 2.90. The third-order valence-electron chi connectivity index (χ3n) is 4.38. The van der Waals surface area contributed by atoms with Crippen molar-refractivity contribution < 1.29 is 84.7 Å². The van der Waals surface area contributed by atoms with Gasteiger partial charge in [0.15, 0.2) is 0 Å². The van der Waals surface area contributed by atoms with Crippen molar-refractivity contribution in [3.8, 4) is 0 Å². The number of aromatic carboxylic acids is 4. The molecular formula is C28H22Cu2I4O10+2. The number of carbonyl (C=O) groups excluding carboxylic acids is 4. The molecule has 0 aliphatic heterocycles. The second kappa shape index (κ2) is 26.8. The smallest absolute Gasteiger partial charge is 0.545 e. The van der Waals surface area contributed by atoms with Crippen molar-refractivity contribution in [1.82, 2.24) is 0 Å². The van der Waals surface area contributed by atoms with Crippen LogP contribution in [0.3, 0.4) is 0 Å². The number of hydrogen-bond donors (Lipinski definition) is 0. The summed E-state index contributed by atoms with van der Waals surface area (Å²) in [6, 6.07) is 26.9. The van der Waals surface area contributed by atoms with Gasteiger partial charge >= 0.3 is 34.1 Å². The van der Waals surface area contributed by atoms with E-state index in [1.165, 1.54) is 24.3 Å². The van der Waals surface area contributed by atoms with E-state index in [4.69, 9.17) is 0 Å². The number of benzene rings is 4. The Morgan fingerprint density at radius 3 is 0.591 bits per heavy atom. The molecule has 10 nitrogen and oxygen atoms in total. The molecular weight excluding hydrogens is 1130 g/mol. The summed E-state index contributed by atoms with van der Waals surface area (Å²) < 4.78 is 2.83. The first-order valence-corrected chi connectivity index (χ1v) is 15.0. The topological polar surface area (TPSA) is 227 Å². The van der Waals surface area contributed by atoms with Gasteiger partial charge in [-0.1, -0.05) is 72.8 Å². The van der Waals surface area contributed by atoms with E-state index in [0.717, 1.165) is 0 Å². The molecule has 0 aliphatic rings. The molecule has 0 atom stereocenters.